The molecule has 0 spiro atoms. The second kappa shape index (κ2) is 5.42. The van der Waals surface area contributed by atoms with Crippen molar-refractivity contribution >= 4 is 0 Å². The van der Waals surface area contributed by atoms with E-state index >= 15 is 0 Å². The van der Waals surface area contributed by atoms with E-state index in [9.17, 15) is 5.11 Å². The van der Waals surface area contributed by atoms with E-state index in [2.05, 4.69) is 0 Å². The maximum absolute atomic E-state index is 10.2. The molecule has 20 heavy (non-hydrogen) atoms. The van der Waals surface area contributed by atoms with E-state index in [0.29, 0.717) is 13.2 Å². The van der Waals surface area contributed by atoms with Crippen LogP contribution in [0.4, 0.5) is 0 Å². The predicted molar refractivity (Wildman–Crippen MR) is 70.8 cm³/mol. The monoisotopic (exact) mass is 280 g/mol. The highest BCUT2D eigenvalue weighted by atomic mass is 16.8. The highest BCUT2D eigenvalue weighted by Gasteiger charge is 2.54. The number of aliphatic hydroxyl groups is 1. The molecular weight excluding hydrogens is 260 g/mol. The van der Waals surface area contributed by atoms with Crippen LogP contribution in [0.2, 0.25) is 0 Å². The zero-order chi connectivity index (χ0) is 14.2. The fraction of sp³-hybridized carbons (Fsp3) is 0.600. The molecule has 5 heteroatoms. The van der Waals surface area contributed by atoms with Crippen molar-refractivity contribution in [1.82, 2.24) is 0 Å². The standard InChI is InChI=1S/C15H20O5/c1-15(2)19-13-12(16)11(18-14(13)20-15)9-17-8-10-6-4-3-5-7-10/h3-7,11-14,16H,8-9H2,1-2H3/t11-,12+,13?,14+/m1/s1. The summed E-state index contributed by atoms with van der Waals surface area (Å²) >= 11 is 0. The van der Waals surface area contributed by atoms with E-state index < -0.39 is 30.4 Å². The van der Waals surface area contributed by atoms with Crippen LogP contribution < -0.4 is 0 Å². The Morgan fingerprint density at radius 2 is 1.95 bits per heavy atom. The summed E-state index contributed by atoms with van der Waals surface area (Å²) in [5.74, 6) is -0.702. The maximum Gasteiger partial charge on any atom is 0.190 e. The number of ether oxygens (including phenoxy) is 4. The topological polar surface area (TPSA) is 57.2 Å². The Kier molecular flexibility index (Phi) is 3.79. The van der Waals surface area contributed by atoms with Gasteiger partial charge in [-0.15, -0.1) is 0 Å². The van der Waals surface area contributed by atoms with Crippen molar-refractivity contribution in [3.63, 3.8) is 0 Å². The van der Waals surface area contributed by atoms with Gasteiger partial charge in [0, 0.05) is 0 Å². The second-order valence-corrected chi connectivity index (χ2v) is 5.63. The molecule has 3 rings (SSSR count). The van der Waals surface area contributed by atoms with E-state index in [1.165, 1.54) is 0 Å². The van der Waals surface area contributed by atoms with Crippen LogP contribution in [-0.4, -0.2) is 42.1 Å². The van der Waals surface area contributed by atoms with Crippen LogP contribution >= 0.6 is 0 Å². The molecule has 2 aliphatic rings. The molecule has 0 radical (unpaired) electrons. The third kappa shape index (κ3) is 2.87. The lowest BCUT2D eigenvalue weighted by molar-refractivity contribution is -0.220. The van der Waals surface area contributed by atoms with Crippen LogP contribution in [0.25, 0.3) is 0 Å². The summed E-state index contributed by atoms with van der Waals surface area (Å²) in [7, 11) is 0. The van der Waals surface area contributed by atoms with Gasteiger partial charge in [-0.05, 0) is 19.4 Å². The molecule has 110 valence electrons. The van der Waals surface area contributed by atoms with Gasteiger partial charge in [0.25, 0.3) is 0 Å². The third-order valence-corrected chi connectivity index (χ3v) is 3.51. The second-order valence-electron chi connectivity index (χ2n) is 5.63. The van der Waals surface area contributed by atoms with Crippen LogP contribution in [0.5, 0.6) is 0 Å². The lowest BCUT2D eigenvalue weighted by Crippen LogP contribution is -2.36. The van der Waals surface area contributed by atoms with E-state index in [-0.39, 0.29) is 0 Å². The molecule has 2 fully saturated rings. The van der Waals surface area contributed by atoms with Gasteiger partial charge in [0.05, 0.1) is 13.2 Å². The molecule has 4 atom stereocenters. The van der Waals surface area contributed by atoms with E-state index in [1.807, 2.05) is 44.2 Å². The highest BCUT2D eigenvalue weighted by Crippen LogP contribution is 2.37. The van der Waals surface area contributed by atoms with E-state index in [4.69, 9.17) is 18.9 Å². The molecular formula is C15H20O5. The van der Waals surface area contributed by atoms with Gasteiger partial charge in [0.1, 0.15) is 18.3 Å². The first-order valence-corrected chi connectivity index (χ1v) is 6.86. The van der Waals surface area contributed by atoms with Crippen molar-refractivity contribution in [3.8, 4) is 0 Å². The largest absolute Gasteiger partial charge is 0.387 e. The van der Waals surface area contributed by atoms with Crippen LogP contribution in [0.3, 0.4) is 0 Å². The summed E-state index contributed by atoms with van der Waals surface area (Å²) in [4.78, 5) is 0. The van der Waals surface area contributed by atoms with Crippen molar-refractivity contribution in [2.24, 2.45) is 0 Å². The molecule has 5 nitrogen and oxygen atoms in total. The average Bonchev–Trinajstić information content (AvgIpc) is 2.86. The summed E-state index contributed by atoms with van der Waals surface area (Å²) in [5.41, 5.74) is 1.09. The number of hydrogen-bond donors (Lipinski definition) is 1. The molecule has 1 aromatic rings. The van der Waals surface area contributed by atoms with Gasteiger partial charge in [-0.25, -0.2) is 0 Å². The van der Waals surface area contributed by atoms with Crippen LogP contribution in [-0.2, 0) is 25.6 Å². The number of fused-ring (bicyclic) bond motifs is 1. The van der Waals surface area contributed by atoms with Crippen LogP contribution in [0.1, 0.15) is 19.4 Å². The van der Waals surface area contributed by atoms with Crippen molar-refractivity contribution < 1.29 is 24.1 Å². The van der Waals surface area contributed by atoms with Crippen molar-refractivity contribution in [2.45, 2.75) is 50.8 Å². The lowest BCUT2D eigenvalue weighted by atomic mass is 10.1. The Morgan fingerprint density at radius 3 is 2.65 bits per heavy atom. The Morgan fingerprint density at radius 1 is 1.20 bits per heavy atom. The van der Waals surface area contributed by atoms with Gasteiger partial charge >= 0.3 is 0 Å². The number of aliphatic hydroxyl groups excluding tert-OH is 1. The summed E-state index contributed by atoms with van der Waals surface area (Å²) in [6.45, 7) is 4.43. The van der Waals surface area contributed by atoms with E-state index in [1.54, 1.807) is 0 Å². The van der Waals surface area contributed by atoms with Gasteiger partial charge in [-0.2, -0.15) is 0 Å². The predicted octanol–water partition coefficient (Wildman–Crippen LogP) is 1.44. The van der Waals surface area contributed by atoms with Gasteiger partial charge < -0.3 is 24.1 Å². The molecule has 1 unspecified atom stereocenters. The Hall–Kier alpha value is -0.980. The minimum absolute atomic E-state index is 0.316. The minimum Gasteiger partial charge on any atom is -0.387 e. The molecule has 2 saturated heterocycles. The maximum atomic E-state index is 10.2. The molecule has 1 N–H and O–H groups in total. The lowest BCUT2D eigenvalue weighted by Gasteiger charge is -2.22. The summed E-state index contributed by atoms with van der Waals surface area (Å²) in [5, 5.41) is 10.2. The smallest absolute Gasteiger partial charge is 0.190 e. The van der Waals surface area contributed by atoms with Gasteiger partial charge in [-0.3, -0.25) is 0 Å². The third-order valence-electron chi connectivity index (χ3n) is 3.51. The molecule has 0 saturated carbocycles. The SMILES string of the molecule is CC1(C)OC2[C@@H](O[C@H](COCc3ccccc3)[C@@H]2O)O1. The van der Waals surface area contributed by atoms with Crippen molar-refractivity contribution in [2.75, 3.05) is 6.61 Å². The zero-order valence-electron chi connectivity index (χ0n) is 11.7. The summed E-state index contributed by atoms with van der Waals surface area (Å²) in [6.07, 6.45) is -2.08. The minimum atomic E-state index is -0.724. The van der Waals surface area contributed by atoms with Crippen molar-refractivity contribution in [3.05, 3.63) is 35.9 Å². The summed E-state index contributed by atoms with van der Waals surface area (Å²) < 4.78 is 22.4. The molecule has 0 bridgehead atoms. The molecule has 0 aromatic heterocycles. The molecule has 0 aliphatic carbocycles. The quantitative estimate of drug-likeness (QED) is 0.904. The Labute approximate surface area is 118 Å². The number of benzene rings is 1. The highest BCUT2D eigenvalue weighted by molar-refractivity contribution is 5.13. The molecule has 2 heterocycles. The fourth-order valence-electron chi connectivity index (χ4n) is 2.56. The Bertz CT molecular complexity index is 447. The first kappa shape index (κ1) is 14.0. The fourth-order valence-corrected chi connectivity index (χ4v) is 2.56. The van der Waals surface area contributed by atoms with Gasteiger partial charge in [-0.1, -0.05) is 30.3 Å². The van der Waals surface area contributed by atoms with Crippen molar-refractivity contribution in [1.29, 1.82) is 0 Å². The first-order chi connectivity index (χ1) is 9.55. The number of hydrogen-bond acceptors (Lipinski definition) is 5. The van der Waals surface area contributed by atoms with Gasteiger partial charge in [0.2, 0.25) is 0 Å². The molecule has 2 aliphatic heterocycles. The summed E-state index contributed by atoms with van der Waals surface area (Å²) in [6, 6.07) is 9.89. The van der Waals surface area contributed by atoms with Crippen LogP contribution in [0.15, 0.2) is 30.3 Å². The average molecular weight is 280 g/mol. The molecule has 1 aromatic carbocycles. The van der Waals surface area contributed by atoms with E-state index in [0.717, 1.165) is 5.56 Å². The first-order valence-electron chi connectivity index (χ1n) is 6.86. The number of rotatable bonds is 4. The molecule has 0 amide bonds. The normalized spacial score (nSPS) is 35.1. The zero-order valence-corrected chi connectivity index (χ0v) is 11.7. The van der Waals surface area contributed by atoms with Crippen LogP contribution in [0, 0.1) is 0 Å². The van der Waals surface area contributed by atoms with Gasteiger partial charge in [0.15, 0.2) is 12.1 Å². The Balaban J connectivity index is 1.49.